The maximum atomic E-state index is 6.04. The lowest BCUT2D eigenvalue weighted by molar-refractivity contribution is 0.189. The van der Waals surface area contributed by atoms with Crippen LogP contribution in [0.4, 0.5) is 0 Å². The largest absolute Gasteiger partial charge is 0.322 e. The molecule has 1 aromatic carbocycles. The van der Waals surface area contributed by atoms with Gasteiger partial charge in [-0.1, -0.05) is 24.3 Å². The van der Waals surface area contributed by atoms with Gasteiger partial charge in [-0.2, -0.15) is 0 Å². The SMILES string of the molecule is CN1CC(c2ccc(C(C)(C)N)cc2)C1. The van der Waals surface area contributed by atoms with Crippen LogP contribution in [0.2, 0.25) is 0 Å². The molecule has 82 valence electrons. The Hall–Kier alpha value is -0.860. The Morgan fingerprint density at radius 2 is 1.73 bits per heavy atom. The molecule has 1 aliphatic rings. The van der Waals surface area contributed by atoms with E-state index >= 15 is 0 Å². The molecule has 0 bridgehead atoms. The average molecular weight is 204 g/mol. The summed E-state index contributed by atoms with van der Waals surface area (Å²) in [7, 11) is 2.16. The average Bonchev–Trinajstić information content (AvgIpc) is 2.12. The van der Waals surface area contributed by atoms with Crippen molar-refractivity contribution in [2.75, 3.05) is 20.1 Å². The molecule has 2 heteroatoms. The number of nitrogens with two attached hydrogens (primary N) is 1. The van der Waals surface area contributed by atoms with Crippen molar-refractivity contribution in [2.24, 2.45) is 5.73 Å². The van der Waals surface area contributed by atoms with Crippen molar-refractivity contribution in [3.8, 4) is 0 Å². The van der Waals surface area contributed by atoms with E-state index in [0.29, 0.717) is 0 Å². The lowest BCUT2D eigenvalue weighted by Gasteiger charge is -2.36. The summed E-state index contributed by atoms with van der Waals surface area (Å²) >= 11 is 0. The van der Waals surface area contributed by atoms with Crippen LogP contribution in [0.15, 0.2) is 24.3 Å². The van der Waals surface area contributed by atoms with Crippen molar-refractivity contribution in [3.63, 3.8) is 0 Å². The summed E-state index contributed by atoms with van der Waals surface area (Å²) in [5.41, 5.74) is 8.47. The standard InChI is InChI=1S/C13H20N2/c1-13(2,14)12-6-4-10(5-7-12)11-8-15(3)9-11/h4-7,11H,8-9,14H2,1-3H3. The molecule has 1 heterocycles. The maximum absolute atomic E-state index is 6.04. The summed E-state index contributed by atoms with van der Waals surface area (Å²) in [6, 6.07) is 8.77. The Morgan fingerprint density at radius 3 is 2.13 bits per heavy atom. The molecule has 1 saturated heterocycles. The highest BCUT2D eigenvalue weighted by atomic mass is 15.2. The molecule has 1 aliphatic heterocycles. The predicted octanol–water partition coefficient (Wildman–Crippen LogP) is 1.91. The van der Waals surface area contributed by atoms with Gasteiger partial charge in [0.15, 0.2) is 0 Å². The van der Waals surface area contributed by atoms with Gasteiger partial charge in [0, 0.05) is 24.5 Å². The molecule has 0 aliphatic carbocycles. The van der Waals surface area contributed by atoms with Gasteiger partial charge >= 0.3 is 0 Å². The van der Waals surface area contributed by atoms with Crippen LogP contribution in [0, 0.1) is 0 Å². The molecule has 1 aromatic rings. The Labute approximate surface area is 92.1 Å². The lowest BCUT2D eigenvalue weighted by atomic mass is 9.88. The molecule has 0 radical (unpaired) electrons. The topological polar surface area (TPSA) is 29.3 Å². The quantitative estimate of drug-likeness (QED) is 0.797. The van der Waals surface area contributed by atoms with Gasteiger partial charge in [0.2, 0.25) is 0 Å². The zero-order chi connectivity index (χ0) is 11.1. The summed E-state index contributed by atoms with van der Waals surface area (Å²) in [6.07, 6.45) is 0. The van der Waals surface area contributed by atoms with Gasteiger partial charge in [0.25, 0.3) is 0 Å². The summed E-state index contributed by atoms with van der Waals surface area (Å²) < 4.78 is 0. The van der Waals surface area contributed by atoms with E-state index < -0.39 is 0 Å². The van der Waals surface area contributed by atoms with Gasteiger partial charge in [-0.05, 0) is 32.0 Å². The van der Waals surface area contributed by atoms with Crippen LogP contribution >= 0.6 is 0 Å². The molecule has 0 aromatic heterocycles. The summed E-state index contributed by atoms with van der Waals surface area (Å²) in [5.74, 6) is 0.727. The van der Waals surface area contributed by atoms with Crippen LogP contribution < -0.4 is 5.73 Å². The molecule has 15 heavy (non-hydrogen) atoms. The zero-order valence-electron chi connectivity index (χ0n) is 9.83. The molecule has 2 rings (SSSR count). The maximum Gasteiger partial charge on any atom is 0.0352 e. The second-order valence-corrected chi connectivity index (χ2v) is 5.26. The van der Waals surface area contributed by atoms with Crippen LogP contribution in [-0.4, -0.2) is 25.0 Å². The fourth-order valence-corrected chi connectivity index (χ4v) is 2.09. The zero-order valence-corrected chi connectivity index (χ0v) is 9.83. The Bertz CT molecular complexity index is 329. The van der Waals surface area contributed by atoms with Gasteiger partial charge in [0.05, 0.1) is 0 Å². The number of hydrogen-bond donors (Lipinski definition) is 1. The smallest absolute Gasteiger partial charge is 0.0352 e. The van der Waals surface area contributed by atoms with E-state index in [4.69, 9.17) is 5.73 Å². The van der Waals surface area contributed by atoms with E-state index in [1.165, 1.54) is 24.2 Å². The van der Waals surface area contributed by atoms with Crippen molar-refractivity contribution >= 4 is 0 Å². The number of hydrogen-bond acceptors (Lipinski definition) is 2. The van der Waals surface area contributed by atoms with Crippen molar-refractivity contribution in [1.29, 1.82) is 0 Å². The van der Waals surface area contributed by atoms with Crippen molar-refractivity contribution < 1.29 is 0 Å². The molecule has 0 atom stereocenters. The van der Waals surface area contributed by atoms with Crippen molar-refractivity contribution in [2.45, 2.75) is 25.3 Å². The van der Waals surface area contributed by atoms with E-state index in [1.54, 1.807) is 0 Å². The second-order valence-electron chi connectivity index (χ2n) is 5.26. The number of rotatable bonds is 2. The highest BCUT2D eigenvalue weighted by Crippen LogP contribution is 2.27. The fourth-order valence-electron chi connectivity index (χ4n) is 2.09. The molecular formula is C13H20N2. The van der Waals surface area contributed by atoms with Crippen LogP contribution in [-0.2, 0) is 5.54 Å². The number of nitrogens with zero attached hydrogens (tertiary/aromatic N) is 1. The summed E-state index contributed by atoms with van der Waals surface area (Å²) in [6.45, 7) is 6.45. The van der Waals surface area contributed by atoms with Crippen LogP contribution in [0.25, 0.3) is 0 Å². The first-order valence-electron chi connectivity index (χ1n) is 5.54. The first kappa shape index (κ1) is 10.7. The van der Waals surface area contributed by atoms with Crippen LogP contribution in [0.3, 0.4) is 0 Å². The van der Waals surface area contributed by atoms with Gasteiger partial charge in [-0.15, -0.1) is 0 Å². The first-order valence-corrected chi connectivity index (χ1v) is 5.54. The predicted molar refractivity (Wildman–Crippen MR) is 63.9 cm³/mol. The molecule has 2 nitrogen and oxygen atoms in total. The van der Waals surface area contributed by atoms with Crippen LogP contribution in [0.5, 0.6) is 0 Å². The van der Waals surface area contributed by atoms with E-state index in [9.17, 15) is 0 Å². The normalized spacial score (nSPS) is 18.9. The minimum Gasteiger partial charge on any atom is -0.322 e. The minimum atomic E-state index is -0.227. The third kappa shape index (κ3) is 2.21. The third-order valence-corrected chi connectivity index (χ3v) is 3.19. The fraction of sp³-hybridized carbons (Fsp3) is 0.538. The number of benzene rings is 1. The Kier molecular flexibility index (Phi) is 2.57. The monoisotopic (exact) mass is 204 g/mol. The van der Waals surface area contributed by atoms with Gasteiger partial charge in [0.1, 0.15) is 0 Å². The molecule has 1 fully saturated rings. The number of likely N-dealkylation sites (N-methyl/N-ethyl adjacent to an activating group) is 1. The van der Waals surface area contributed by atoms with Crippen LogP contribution in [0.1, 0.15) is 30.9 Å². The van der Waals surface area contributed by atoms with E-state index in [2.05, 4.69) is 36.2 Å². The first-order chi connectivity index (χ1) is 6.97. The van der Waals surface area contributed by atoms with Gasteiger partial charge in [-0.3, -0.25) is 0 Å². The molecular weight excluding hydrogens is 184 g/mol. The minimum absolute atomic E-state index is 0.227. The lowest BCUT2D eigenvalue weighted by Crippen LogP contribution is -2.41. The Morgan fingerprint density at radius 1 is 1.20 bits per heavy atom. The summed E-state index contributed by atoms with van der Waals surface area (Å²) in [5, 5.41) is 0. The molecule has 0 amide bonds. The van der Waals surface area contributed by atoms with E-state index in [-0.39, 0.29) is 5.54 Å². The van der Waals surface area contributed by atoms with Gasteiger partial charge in [-0.25, -0.2) is 0 Å². The van der Waals surface area contributed by atoms with Crippen molar-refractivity contribution in [1.82, 2.24) is 4.90 Å². The molecule has 0 spiro atoms. The molecule has 2 N–H and O–H groups in total. The van der Waals surface area contributed by atoms with Crippen molar-refractivity contribution in [3.05, 3.63) is 35.4 Å². The molecule has 0 saturated carbocycles. The highest BCUT2D eigenvalue weighted by molar-refractivity contribution is 5.30. The van der Waals surface area contributed by atoms with E-state index in [0.717, 1.165) is 5.92 Å². The third-order valence-electron chi connectivity index (χ3n) is 3.19. The van der Waals surface area contributed by atoms with Gasteiger partial charge < -0.3 is 10.6 Å². The second kappa shape index (κ2) is 3.62. The Balaban J connectivity index is 2.11. The number of likely N-dealkylation sites (tertiary alicyclic amines) is 1. The molecule has 0 unspecified atom stereocenters. The highest BCUT2D eigenvalue weighted by Gasteiger charge is 2.24. The van der Waals surface area contributed by atoms with E-state index in [1.807, 2.05) is 13.8 Å². The summed E-state index contributed by atoms with van der Waals surface area (Å²) in [4.78, 5) is 2.34.